The SMILES string of the molecule is C[As](C)(=O)C[C@H]1OC(OCC(O)COP(=O)(O)OCC(O)CO)[C@H](O)[C@@H]1O. The van der Waals surface area contributed by atoms with Crippen LogP contribution in [0.3, 0.4) is 0 Å². The van der Waals surface area contributed by atoms with E-state index in [-0.39, 0.29) is 5.21 Å². The van der Waals surface area contributed by atoms with Gasteiger partial charge in [0.2, 0.25) is 0 Å². The molecule has 1 aliphatic heterocycles. The van der Waals surface area contributed by atoms with E-state index in [1.165, 1.54) is 0 Å². The fraction of sp³-hybridized carbons (Fsp3) is 1.00. The quantitative estimate of drug-likeness (QED) is 0.132. The second-order valence-electron chi connectivity index (χ2n) is 6.66. The van der Waals surface area contributed by atoms with Crippen LogP contribution in [-0.4, -0.2) is 107 Å². The predicted molar refractivity (Wildman–Crippen MR) is 90.4 cm³/mol. The van der Waals surface area contributed by atoms with Crippen LogP contribution in [0.15, 0.2) is 0 Å². The molecule has 14 heteroatoms. The topological polar surface area (TPSA) is 192 Å². The van der Waals surface area contributed by atoms with Gasteiger partial charge in [-0.1, -0.05) is 0 Å². The molecule has 0 aromatic rings. The summed E-state index contributed by atoms with van der Waals surface area (Å²) in [6, 6.07) is 0. The Balaban J connectivity index is 2.38. The van der Waals surface area contributed by atoms with Crippen molar-refractivity contribution in [1.29, 1.82) is 0 Å². The molecule has 0 aromatic heterocycles. The van der Waals surface area contributed by atoms with Gasteiger partial charge in [0.1, 0.15) is 6.10 Å². The first kappa shape index (κ1) is 25.2. The van der Waals surface area contributed by atoms with Gasteiger partial charge in [0.05, 0.1) is 6.61 Å². The van der Waals surface area contributed by atoms with E-state index in [2.05, 4.69) is 9.05 Å². The molecule has 162 valence electrons. The summed E-state index contributed by atoms with van der Waals surface area (Å²) in [5.74, 6) is 0. The average molecular weight is 482 g/mol. The van der Waals surface area contributed by atoms with Gasteiger partial charge < -0.3 is 10.2 Å². The van der Waals surface area contributed by atoms with Crippen LogP contribution < -0.4 is 0 Å². The van der Waals surface area contributed by atoms with Gasteiger partial charge in [-0.2, -0.15) is 0 Å². The number of phosphoric acid groups is 1. The summed E-state index contributed by atoms with van der Waals surface area (Å²) in [4.78, 5) is 9.35. The van der Waals surface area contributed by atoms with Gasteiger partial charge in [-0.05, 0) is 0 Å². The van der Waals surface area contributed by atoms with E-state index in [0.29, 0.717) is 0 Å². The third-order valence-electron chi connectivity index (χ3n) is 3.46. The van der Waals surface area contributed by atoms with E-state index in [9.17, 15) is 28.5 Å². The van der Waals surface area contributed by atoms with Crippen molar-refractivity contribution in [2.24, 2.45) is 0 Å². The molecule has 1 heterocycles. The second-order valence-corrected chi connectivity index (χ2v) is 15.5. The van der Waals surface area contributed by atoms with Gasteiger partial charge in [-0.15, -0.1) is 0 Å². The number of phosphoric ester groups is 1. The number of rotatable bonds is 12. The van der Waals surface area contributed by atoms with E-state index in [0.717, 1.165) is 0 Å². The fourth-order valence-corrected chi connectivity index (χ4v) is 5.39. The van der Waals surface area contributed by atoms with Crippen molar-refractivity contribution >= 4 is 21.3 Å². The first-order valence-electron chi connectivity index (χ1n) is 8.10. The van der Waals surface area contributed by atoms with Crippen molar-refractivity contribution in [3.8, 4) is 0 Å². The number of aliphatic hydroxyl groups excluding tert-OH is 5. The zero-order valence-corrected chi connectivity index (χ0v) is 17.8. The van der Waals surface area contributed by atoms with E-state index >= 15 is 0 Å². The second kappa shape index (κ2) is 10.8. The molecule has 6 N–H and O–H groups in total. The molecule has 1 saturated heterocycles. The Morgan fingerprint density at radius 2 is 1.63 bits per heavy atom. The molecule has 12 nitrogen and oxygen atoms in total. The molecule has 0 saturated carbocycles. The summed E-state index contributed by atoms with van der Waals surface area (Å²) in [7, 11) is -4.55. The number of hydrogen-bond acceptors (Lipinski definition) is 11. The minimum absolute atomic E-state index is 0.104. The van der Waals surface area contributed by atoms with Crippen LogP contribution >= 0.6 is 7.82 Å². The van der Waals surface area contributed by atoms with Gasteiger partial charge in [-0.25, -0.2) is 0 Å². The normalized spacial score (nSPS) is 30.8. The Hall–Kier alpha value is 0.188. The molecule has 0 spiro atoms. The van der Waals surface area contributed by atoms with E-state index in [1.807, 2.05) is 0 Å². The molecule has 0 amide bonds. The molecular weight excluding hydrogens is 454 g/mol. The maximum atomic E-state index is 11.9. The Morgan fingerprint density at radius 3 is 2.15 bits per heavy atom. The Bertz CT molecular complexity index is 541. The van der Waals surface area contributed by atoms with Crippen molar-refractivity contribution in [3.63, 3.8) is 0 Å². The molecule has 0 aliphatic carbocycles. The van der Waals surface area contributed by atoms with Crippen molar-refractivity contribution in [3.05, 3.63) is 0 Å². The van der Waals surface area contributed by atoms with Crippen molar-refractivity contribution < 1.29 is 57.3 Å². The molecule has 0 aromatic carbocycles. The van der Waals surface area contributed by atoms with E-state index < -0.39 is 84.6 Å². The van der Waals surface area contributed by atoms with Gasteiger partial charge >= 0.3 is 136 Å². The Kier molecular flexibility index (Phi) is 10.1. The Morgan fingerprint density at radius 1 is 1.07 bits per heavy atom. The predicted octanol–water partition coefficient (Wildman–Crippen LogP) is -2.07. The molecule has 27 heavy (non-hydrogen) atoms. The van der Waals surface area contributed by atoms with Crippen molar-refractivity contribution in [2.45, 2.75) is 53.4 Å². The number of hydrogen-bond donors (Lipinski definition) is 6. The van der Waals surface area contributed by atoms with Crippen LogP contribution in [0.4, 0.5) is 0 Å². The molecule has 4 unspecified atom stereocenters. The minimum atomic E-state index is -4.55. The molecule has 0 radical (unpaired) electrons. The average Bonchev–Trinajstić information content (AvgIpc) is 2.82. The Labute approximate surface area is 158 Å². The van der Waals surface area contributed by atoms with Crippen LogP contribution in [-0.2, 0) is 26.8 Å². The van der Waals surface area contributed by atoms with Crippen LogP contribution in [0.2, 0.25) is 16.6 Å². The summed E-state index contributed by atoms with van der Waals surface area (Å²) in [5.41, 5.74) is 3.15. The summed E-state index contributed by atoms with van der Waals surface area (Å²) in [5, 5.41) is 47.3. The summed E-state index contributed by atoms with van der Waals surface area (Å²) in [6.07, 6.45) is -7.57. The molecular formula is C13H28AsO12P. The molecule has 1 fully saturated rings. The zero-order valence-electron chi connectivity index (χ0n) is 15.0. The van der Waals surface area contributed by atoms with Gasteiger partial charge in [0.15, 0.2) is 0 Å². The van der Waals surface area contributed by atoms with Crippen LogP contribution in [0.5, 0.6) is 0 Å². The van der Waals surface area contributed by atoms with Gasteiger partial charge in [0, 0.05) is 0 Å². The van der Waals surface area contributed by atoms with Crippen LogP contribution in [0.1, 0.15) is 0 Å². The van der Waals surface area contributed by atoms with Crippen LogP contribution in [0.25, 0.3) is 0 Å². The summed E-state index contributed by atoms with van der Waals surface area (Å²) >= 11 is -3.13. The number of aliphatic hydroxyl groups is 5. The summed E-state index contributed by atoms with van der Waals surface area (Å²) < 4.78 is 42.8. The zero-order chi connectivity index (χ0) is 20.8. The van der Waals surface area contributed by atoms with Crippen molar-refractivity contribution in [2.75, 3.05) is 26.4 Å². The van der Waals surface area contributed by atoms with Gasteiger partial charge in [-0.3, -0.25) is 0 Å². The van der Waals surface area contributed by atoms with Gasteiger partial charge in [0.25, 0.3) is 0 Å². The maximum absolute atomic E-state index is 11.9. The first-order chi connectivity index (χ1) is 12.3. The molecule has 7 atom stereocenters. The summed E-state index contributed by atoms with van der Waals surface area (Å²) in [6.45, 7) is -2.43. The monoisotopic (exact) mass is 482 g/mol. The third-order valence-corrected chi connectivity index (χ3v) is 7.01. The number of ether oxygens (including phenoxy) is 2. The first-order valence-corrected chi connectivity index (χ1v) is 15.4. The molecule has 1 aliphatic rings. The molecule has 0 bridgehead atoms. The van der Waals surface area contributed by atoms with Crippen molar-refractivity contribution in [1.82, 2.24) is 0 Å². The van der Waals surface area contributed by atoms with E-state index in [1.54, 1.807) is 11.4 Å². The van der Waals surface area contributed by atoms with E-state index in [4.69, 9.17) is 19.7 Å². The van der Waals surface area contributed by atoms with Crippen LogP contribution in [0, 0.1) is 0 Å². The molecule has 1 rings (SSSR count). The third kappa shape index (κ3) is 9.49. The fourth-order valence-electron chi connectivity index (χ4n) is 2.14. The standard InChI is InChI=1S/C13H28AsO12P/c1-14(2,20)3-10-11(18)12(19)13(26-10)23-5-9(17)7-25-27(21,22)24-6-8(16)4-15/h8-13,15-19H,3-7H2,1-2H3,(H,21,22)/t8?,9?,10-,11-,12-,13?/m1/s1.